The lowest BCUT2D eigenvalue weighted by Gasteiger charge is -2.31. The Morgan fingerprint density at radius 3 is 2.17 bits per heavy atom. The number of carbonyl (C=O) groups excluding carboxylic acids is 2. The molecule has 1 aliphatic heterocycles. The monoisotopic (exact) mass is 420 g/mol. The van der Waals surface area contributed by atoms with E-state index in [-0.39, 0.29) is 17.7 Å². The maximum Gasteiger partial charge on any atom is 0.286 e. The molecular formula is C23H24N4O2S. The van der Waals surface area contributed by atoms with Crippen LogP contribution in [0.2, 0.25) is 0 Å². The van der Waals surface area contributed by atoms with E-state index >= 15 is 0 Å². The Bertz CT molecular complexity index is 1040. The molecule has 0 spiro atoms. The van der Waals surface area contributed by atoms with E-state index in [0.29, 0.717) is 18.1 Å². The lowest BCUT2D eigenvalue weighted by Crippen LogP contribution is -2.37. The number of rotatable bonds is 4. The summed E-state index contributed by atoms with van der Waals surface area (Å²) in [5.74, 6) is 0.0592. The van der Waals surface area contributed by atoms with Crippen molar-refractivity contribution in [2.24, 2.45) is 0 Å². The number of hydrogen-bond acceptors (Lipinski definition) is 5. The third kappa shape index (κ3) is 4.57. The normalized spacial score (nSPS) is 14.5. The highest BCUT2D eigenvalue weighted by atomic mass is 32.1. The Hall–Kier alpha value is -3.06. The molecule has 1 saturated heterocycles. The van der Waals surface area contributed by atoms with Crippen LogP contribution in [-0.2, 0) is 0 Å². The zero-order valence-electron chi connectivity index (χ0n) is 17.1. The number of nitrogens with one attached hydrogen (secondary N) is 1. The van der Waals surface area contributed by atoms with Crippen molar-refractivity contribution < 1.29 is 9.59 Å². The topological polar surface area (TPSA) is 75.2 Å². The fourth-order valence-corrected chi connectivity index (χ4v) is 4.43. The second-order valence-corrected chi connectivity index (χ2v) is 8.71. The van der Waals surface area contributed by atoms with Gasteiger partial charge in [0.2, 0.25) is 5.01 Å². The maximum absolute atomic E-state index is 12.7. The van der Waals surface area contributed by atoms with E-state index in [1.807, 2.05) is 67.3 Å². The first-order valence-corrected chi connectivity index (χ1v) is 10.9. The van der Waals surface area contributed by atoms with Gasteiger partial charge in [-0.2, -0.15) is 0 Å². The van der Waals surface area contributed by atoms with Crippen molar-refractivity contribution in [2.45, 2.75) is 32.6 Å². The fraction of sp³-hybridized carbons (Fsp3) is 0.304. The molecule has 1 aliphatic rings. The van der Waals surface area contributed by atoms with Crippen molar-refractivity contribution in [1.82, 2.24) is 15.1 Å². The summed E-state index contributed by atoms with van der Waals surface area (Å²) < 4.78 is 0. The van der Waals surface area contributed by atoms with E-state index in [2.05, 4.69) is 15.5 Å². The predicted molar refractivity (Wildman–Crippen MR) is 118 cm³/mol. The van der Waals surface area contributed by atoms with Gasteiger partial charge in [-0.3, -0.25) is 9.59 Å². The molecule has 6 nitrogen and oxygen atoms in total. The van der Waals surface area contributed by atoms with Gasteiger partial charge in [0.15, 0.2) is 0 Å². The van der Waals surface area contributed by atoms with Gasteiger partial charge >= 0.3 is 0 Å². The van der Waals surface area contributed by atoms with E-state index < -0.39 is 0 Å². The highest BCUT2D eigenvalue weighted by Crippen LogP contribution is 2.31. The summed E-state index contributed by atoms with van der Waals surface area (Å²) in [6, 6.07) is 15.3. The molecule has 0 bridgehead atoms. The molecule has 0 unspecified atom stereocenters. The van der Waals surface area contributed by atoms with Gasteiger partial charge in [0.1, 0.15) is 5.01 Å². The van der Waals surface area contributed by atoms with Crippen LogP contribution in [0.4, 0.5) is 5.69 Å². The van der Waals surface area contributed by atoms with Gasteiger partial charge in [0.25, 0.3) is 11.8 Å². The largest absolute Gasteiger partial charge is 0.339 e. The number of carbonyl (C=O) groups is 2. The quantitative estimate of drug-likeness (QED) is 0.678. The number of amides is 2. The first-order valence-electron chi connectivity index (χ1n) is 10.1. The first kappa shape index (κ1) is 20.2. The molecule has 4 rings (SSSR count). The second kappa shape index (κ2) is 8.75. The molecule has 2 amide bonds. The zero-order chi connectivity index (χ0) is 21.1. The van der Waals surface area contributed by atoms with E-state index in [9.17, 15) is 9.59 Å². The Labute approximate surface area is 180 Å². The molecule has 3 aromatic rings. The molecule has 0 radical (unpaired) electrons. The number of aromatic nitrogens is 2. The van der Waals surface area contributed by atoms with E-state index in [0.717, 1.165) is 40.2 Å². The maximum atomic E-state index is 12.7. The molecule has 1 fully saturated rings. The number of likely N-dealkylation sites (tertiary alicyclic amines) is 1. The van der Waals surface area contributed by atoms with Gasteiger partial charge in [-0.25, -0.2) is 0 Å². The standard InChI is InChI=1S/C23H24N4O2S/c1-15-3-7-18(8-4-15)23(29)27-13-11-17(12-14-27)21-25-26-22(30-21)20(28)24-19-9-5-16(2)6-10-19/h3-10,17H,11-14H2,1-2H3,(H,24,28). The summed E-state index contributed by atoms with van der Waals surface area (Å²) >= 11 is 1.34. The van der Waals surface area contributed by atoms with Crippen molar-refractivity contribution in [2.75, 3.05) is 18.4 Å². The molecule has 7 heteroatoms. The van der Waals surface area contributed by atoms with Gasteiger partial charge in [-0.05, 0) is 51.0 Å². The average Bonchev–Trinajstić information content (AvgIpc) is 3.26. The van der Waals surface area contributed by atoms with Crippen LogP contribution in [0.5, 0.6) is 0 Å². The van der Waals surface area contributed by atoms with Crippen molar-refractivity contribution in [3.63, 3.8) is 0 Å². The third-order valence-corrected chi connectivity index (χ3v) is 6.46. The van der Waals surface area contributed by atoms with Crippen LogP contribution in [0.15, 0.2) is 48.5 Å². The molecule has 0 atom stereocenters. The number of benzene rings is 2. The van der Waals surface area contributed by atoms with Gasteiger partial charge in [0, 0.05) is 30.3 Å². The minimum atomic E-state index is -0.241. The summed E-state index contributed by atoms with van der Waals surface area (Å²) in [7, 11) is 0. The zero-order valence-corrected chi connectivity index (χ0v) is 17.9. The highest BCUT2D eigenvalue weighted by Gasteiger charge is 2.27. The molecule has 2 aromatic carbocycles. The van der Waals surface area contributed by atoms with Crippen LogP contribution in [-0.4, -0.2) is 40.0 Å². The van der Waals surface area contributed by atoms with Crippen LogP contribution in [0.1, 0.15) is 55.1 Å². The fourth-order valence-electron chi connectivity index (χ4n) is 3.52. The smallest absolute Gasteiger partial charge is 0.286 e. The Morgan fingerprint density at radius 2 is 1.53 bits per heavy atom. The summed E-state index contributed by atoms with van der Waals surface area (Å²) in [5, 5.41) is 12.4. The van der Waals surface area contributed by atoms with Gasteiger partial charge < -0.3 is 10.2 Å². The molecule has 0 saturated carbocycles. The van der Waals surface area contributed by atoms with Crippen LogP contribution < -0.4 is 5.32 Å². The summed E-state index contributed by atoms with van der Waals surface area (Å²) in [6.07, 6.45) is 1.65. The molecular weight excluding hydrogens is 396 g/mol. The van der Waals surface area contributed by atoms with Crippen LogP contribution in [0, 0.1) is 13.8 Å². The van der Waals surface area contributed by atoms with Gasteiger partial charge in [-0.15, -0.1) is 10.2 Å². The molecule has 1 aromatic heterocycles. The predicted octanol–water partition coefficient (Wildman–Crippen LogP) is 4.43. The molecule has 0 aliphatic carbocycles. The molecule has 1 N–H and O–H groups in total. The number of nitrogens with zero attached hydrogens (tertiary/aromatic N) is 3. The highest BCUT2D eigenvalue weighted by molar-refractivity contribution is 7.13. The summed E-state index contributed by atoms with van der Waals surface area (Å²) in [4.78, 5) is 27.0. The van der Waals surface area contributed by atoms with Crippen molar-refractivity contribution in [3.8, 4) is 0 Å². The average molecular weight is 421 g/mol. The molecule has 30 heavy (non-hydrogen) atoms. The van der Waals surface area contributed by atoms with Crippen molar-refractivity contribution in [3.05, 3.63) is 75.2 Å². The lowest BCUT2D eigenvalue weighted by molar-refractivity contribution is 0.0712. The van der Waals surface area contributed by atoms with E-state index in [1.165, 1.54) is 11.3 Å². The number of piperidine rings is 1. The minimum Gasteiger partial charge on any atom is -0.339 e. The Kier molecular flexibility index (Phi) is 5.90. The van der Waals surface area contributed by atoms with Crippen LogP contribution in [0.3, 0.4) is 0 Å². The third-order valence-electron chi connectivity index (χ3n) is 5.37. The van der Waals surface area contributed by atoms with Crippen molar-refractivity contribution >= 4 is 28.8 Å². The minimum absolute atomic E-state index is 0.0730. The molecule has 2 heterocycles. The first-order chi connectivity index (χ1) is 14.5. The van der Waals surface area contributed by atoms with Crippen LogP contribution >= 0.6 is 11.3 Å². The number of anilines is 1. The second-order valence-electron chi connectivity index (χ2n) is 7.70. The SMILES string of the molecule is Cc1ccc(NC(=O)c2nnc(C3CCN(C(=O)c4ccc(C)cc4)CC3)s2)cc1. The number of hydrogen-bond donors (Lipinski definition) is 1. The molecule has 154 valence electrons. The van der Waals surface area contributed by atoms with Crippen molar-refractivity contribution in [1.29, 1.82) is 0 Å². The Balaban J connectivity index is 1.34. The van der Waals surface area contributed by atoms with Crippen LogP contribution in [0.25, 0.3) is 0 Å². The van der Waals surface area contributed by atoms with E-state index in [1.54, 1.807) is 0 Å². The summed E-state index contributed by atoms with van der Waals surface area (Å²) in [5.41, 5.74) is 3.75. The van der Waals surface area contributed by atoms with E-state index in [4.69, 9.17) is 0 Å². The van der Waals surface area contributed by atoms with Gasteiger partial charge in [0.05, 0.1) is 0 Å². The summed E-state index contributed by atoms with van der Waals surface area (Å²) in [6.45, 7) is 5.38. The lowest BCUT2D eigenvalue weighted by atomic mass is 9.97. The van der Waals surface area contributed by atoms with Gasteiger partial charge in [-0.1, -0.05) is 46.7 Å². The Morgan fingerprint density at radius 1 is 0.933 bits per heavy atom. The number of aryl methyl sites for hydroxylation is 2.